The van der Waals surface area contributed by atoms with Crippen LogP contribution in [-0.4, -0.2) is 23.0 Å². The lowest BCUT2D eigenvalue weighted by molar-refractivity contribution is 0.0781. The number of hydrogen-bond donors (Lipinski definition) is 1. The van der Waals surface area contributed by atoms with Gasteiger partial charge in [-0.1, -0.05) is 5.16 Å². The summed E-state index contributed by atoms with van der Waals surface area (Å²) in [5, 5.41) is 3.82. The molecule has 2 rings (SSSR count). The summed E-state index contributed by atoms with van der Waals surface area (Å²) in [5.41, 5.74) is 6.36. The van der Waals surface area contributed by atoms with Crippen molar-refractivity contribution in [1.29, 1.82) is 0 Å². The van der Waals surface area contributed by atoms with Crippen molar-refractivity contribution < 1.29 is 13.7 Å². The van der Waals surface area contributed by atoms with Crippen molar-refractivity contribution in [3.8, 4) is 0 Å². The maximum Gasteiger partial charge on any atom is 0.255 e. The summed E-state index contributed by atoms with van der Waals surface area (Å²) in [7, 11) is 1.62. The molecule has 20 heavy (non-hydrogen) atoms. The van der Waals surface area contributed by atoms with Gasteiger partial charge in [0.25, 0.3) is 5.91 Å². The number of anilines is 1. The Hall–Kier alpha value is -1.89. The molecule has 1 aromatic carbocycles. The summed E-state index contributed by atoms with van der Waals surface area (Å²) in [4.78, 5) is 13.8. The Labute approximate surface area is 123 Å². The van der Waals surface area contributed by atoms with Crippen LogP contribution in [0.2, 0.25) is 0 Å². The summed E-state index contributed by atoms with van der Waals surface area (Å²) in [6, 6.07) is 4.24. The molecule has 0 bridgehead atoms. The number of nitrogens with two attached hydrogens (primary N) is 1. The lowest BCUT2D eigenvalue weighted by Gasteiger charge is -2.17. The molecule has 1 heterocycles. The quantitative estimate of drug-likeness (QED) is 0.871. The maximum atomic E-state index is 13.3. The van der Waals surface area contributed by atoms with Crippen LogP contribution in [0.1, 0.15) is 21.8 Å². The zero-order valence-electron chi connectivity index (χ0n) is 11.0. The monoisotopic (exact) mass is 341 g/mol. The second-order valence-electron chi connectivity index (χ2n) is 4.44. The Morgan fingerprint density at radius 3 is 2.80 bits per heavy atom. The standard InChI is InChI=1S/C13H13BrFN3O2/c1-7-3-8(17-20-7)6-18(2)13(19)9-4-12(16)11(15)5-10(9)14/h3-5H,6,16H2,1-2H3. The molecule has 0 fully saturated rings. The van der Waals surface area contributed by atoms with E-state index in [1.54, 1.807) is 20.0 Å². The van der Waals surface area contributed by atoms with Crippen molar-refractivity contribution >= 4 is 27.5 Å². The van der Waals surface area contributed by atoms with Crippen LogP contribution in [-0.2, 0) is 6.54 Å². The predicted molar refractivity (Wildman–Crippen MR) is 75.5 cm³/mol. The van der Waals surface area contributed by atoms with E-state index in [9.17, 15) is 9.18 Å². The number of nitrogen functional groups attached to an aromatic ring is 1. The number of carbonyl (C=O) groups excluding carboxylic acids is 1. The van der Waals surface area contributed by atoms with Crippen molar-refractivity contribution in [2.75, 3.05) is 12.8 Å². The zero-order valence-corrected chi connectivity index (χ0v) is 12.6. The van der Waals surface area contributed by atoms with E-state index in [-0.39, 0.29) is 11.6 Å². The highest BCUT2D eigenvalue weighted by Crippen LogP contribution is 2.24. The lowest BCUT2D eigenvalue weighted by atomic mass is 10.1. The van der Waals surface area contributed by atoms with E-state index in [0.29, 0.717) is 28.0 Å². The second-order valence-corrected chi connectivity index (χ2v) is 5.30. The molecule has 0 atom stereocenters. The minimum atomic E-state index is -0.566. The van der Waals surface area contributed by atoms with Gasteiger partial charge in [-0.25, -0.2) is 4.39 Å². The summed E-state index contributed by atoms with van der Waals surface area (Å²) in [6.45, 7) is 2.06. The van der Waals surface area contributed by atoms with Gasteiger partial charge < -0.3 is 15.2 Å². The fraction of sp³-hybridized carbons (Fsp3) is 0.231. The number of amides is 1. The molecule has 0 aliphatic rings. The Kier molecular flexibility index (Phi) is 4.08. The Balaban J connectivity index is 2.20. The first-order chi connectivity index (χ1) is 9.38. The molecule has 1 aromatic heterocycles. The predicted octanol–water partition coefficient (Wildman–Crippen LogP) is 2.74. The molecular weight excluding hydrogens is 329 g/mol. The van der Waals surface area contributed by atoms with Crippen molar-refractivity contribution in [3.63, 3.8) is 0 Å². The average Bonchev–Trinajstić information content (AvgIpc) is 2.78. The topological polar surface area (TPSA) is 72.4 Å². The van der Waals surface area contributed by atoms with Crippen LogP contribution < -0.4 is 5.73 Å². The van der Waals surface area contributed by atoms with Crippen molar-refractivity contribution in [2.24, 2.45) is 0 Å². The van der Waals surface area contributed by atoms with Crippen molar-refractivity contribution in [2.45, 2.75) is 13.5 Å². The molecule has 106 valence electrons. The third-order valence-electron chi connectivity index (χ3n) is 2.74. The van der Waals surface area contributed by atoms with Gasteiger partial charge in [-0.3, -0.25) is 4.79 Å². The number of aryl methyl sites for hydroxylation is 1. The van der Waals surface area contributed by atoms with Gasteiger partial charge in [0, 0.05) is 17.6 Å². The fourth-order valence-electron chi connectivity index (χ4n) is 1.74. The van der Waals surface area contributed by atoms with Crippen LogP contribution >= 0.6 is 15.9 Å². The van der Waals surface area contributed by atoms with Gasteiger partial charge in [0.2, 0.25) is 0 Å². The van der Waals surface area contributed by atoms with E-state index in [1.165, 1.54) is 17.0 Å². The van der Waals surface area contributed by atoms with Gasteiger partial charge in [0.1, 0.15) is 17.3 Å². The highest BCUT2D eigenvalue weighted by atomic mass is 79.9. The Morgan fingerprint density at radius 2 is 2.20 bits per heavy atom. The highest BCUT2D eigenvalue weighted by molar-refractivity contribution is 9.10. The largest absolute Gasteiger partial charge is 0.396 e. The third-order valence-corrected chi connectivity index (χ3v) is 3.40. The molecule has 7 heteroatoms. The maximum absolute atomic E-state index is 13.3. The van der Waals surface area contributed by atoms with Crippen LogP contribution in [0.25, 0.3) is 0 Å². The molecule has 0 spiro atoms. The van der Waals surface area contributed by atoms with Gasteiger partial charge in [0.05, 0.1) is 17.8 Å². The van der Waals surface area contributed by atoms with Gasteiger partial charge in [-0.05, 0) is 35.0 Å². The molecule has 1 amide bonds. The van der Waals surface area contributed by atoms with Crippen LogP contribution in [0, 0.1) is 12.7 Å². The van der Waals surface area contributed by atoms with Crippen LogP contribution in [0.5, 0.6) is 0 Å². The summed E-state index contributed by atoms with van der Waals surface area (Å²) < 4.78 is 18.6. The second kappa shape index (κ2) is 5.62. The minimum Gasteiger partial charge on any atom is -0.396 e. The van der Waals surface area contributed by atoms with Crippen LogP contribution in [0.3, 0.4) is 0 Å². The molecule has 0 aliphatic carbocycles. The number of halogens is 2. The van der Waals surface area contributed by atoms with E-state index < -0.39 is 5.82 Å². The SMILES string of the molecule is Cc1cc(CN(C)C(=O)c2cc(N)c(F)cc2Br)no1. The molecule has 0 saturated heterocycles. The fourth-order valence-corrected chi connectivity index (χ4v) is 2.23. The summed E-state index contributed by atoms with van der Waals surface area (Å²) >= 11 is 3.16. The van der Waals surface area contributed by atoms with Crippen LogP contribution in [0.15, 0.2) is 27.2 Å². The van der Waals surface area contributed by atoms with Gasteiger partial charge in [-0.15, -0.1) is 0 Å². The third kappa shape index (κ3) is 2.98. The van der Waals surface area contributed by atoms with Crippen molar-refractivity contribution in [1.82, 2.24) is 10.1 Å². The number of rotatable bonds is 3. The Bertz CT molecular complexity index is 657. The number of hydrogen-bond acceptors (Lipinski definition) is 4. The van der Waals surface area contributed by atoms with Crippen LogP contribution in [0.4, 0.5) is 10.1 Å². The molecule has 0 radical (unpaired) electrons. The first-order valence-electron chi connectivity index (χ1n) is 5.80. The van der Waals surface area contributed by atoms with Gasteiger partial charge in [0.15, 0.2) is 0 Å². The highest BCUT2D eigenvalue weighted by Gasteiger charge is 2.18. The summed E-state index contributed by atoms with van der Waals surface area (Å²) in [6.07, 6.45) is 0. The number of benzene rings is 1. The average molecular weight is 342 g/mol. The van der Waals surface area contributed by atoms with E-state index in [4.69, 9.17) is 10.3 Å². The van der Waals surface area contributed by atoms with E-state index >= 15 is 0 Å². The molecule has 5 nitrogen and oxygen atoms in total. The smallest absolute Gasteiger partial charge is 0.255 e. The van der Waals surface area contributed by atoms with Gasteiger partial charge in [-0.2, -0.15) is 0 Å². The molecule has 2 N–H and O–H groups in total. The minimum absolute atomic E-state index is 0.0674. The van der Waals surface area contributed by atoms with Crippen molar-refractivity contribution in [3.05, 3.63) is 45.5 Å². The molecule has 0 unspecified atom stereocenters. The van der Waals surface area contributed by atoms with Gasteiger partial charge >= 0.3 is 0 Å². The first-order valence-corrected chi connectivity index (χ1v) is 6.60. The molecular formula is C13H13BrFN3O2. The van der Waals surface area contributed by atoms with E-state index in [0.717, 1.165) is 0 Å². The summed E-state index contributed by atoms with van der Waals surface area (Å²) in [5.74, 6) is -0.180. The number of carbonyl (C=O) groups is 1. The first kappa shape index (κ1) is 14.5. The number of aromatic nitrogens is 1. The van der Waals surface area contributed by atoms with E-state index in [1.807, 2.05) is 0 Å². The zero-order chi connectivity index (χ0) is 14.9. The normalized spacial score (nSPS) is 10.6. The van der Waals surface area contributed by atoms with E-state index in [2.05, 4.69) is 21.1 Å². The Morgan fingerprint density at radius 1 is 1.50 bits per heavy atom. The lowest BCUT2D eigenvalue weighted by Crippen LogP contribution is -2.26. The molecule has 0 aliphatic heterocycles. The molecule has 0 saturated carbocycles. The molecule has 2 aromatic rings. The number of nitrogens with zero attached hydrogens (tertiary/aromatic N) is 2.